The molecule has 0 aliphatic rings. The molecule has 1 amide bonds. The molecular formula is C14H21BrN2O. The molecule has 3 nitrogen and oxygen atoms in total. The van der Waals surface area contributed by atoms with Crippen molar-refractivity contribution in [1.29, 1.82) is 0 Å². The Hall–Kier alpha value is -1.03. The van der Waals surface area contributed by atoms with Crippen LogP contribution in [0, 0.1) is 6.92 Å². The lowest BCUT2D eigenvalue weighted by atomic mass is 10.2. The van der Waals surface area contributed by atoms with E-state index in [1.807, 2.05) is 39.0 Å². The van der Waals surface area contributed by atoms with Crippen molar-refractivity contribution >= 4 is 27.5 Å². The van der Waals surface area contributed by atoms with E-state index in [-0.39, 0.29) is 18.0 Å². The van der Waals surface area contributed by atoms with E-state index in [9.17, 15) is 4.79 Å². The second-order valence-electron chi connectivity index (χ2n) is 4.67. The van der Waals surface area contributed by atoms with Crippen molar-refractivity contribution in [1.82, 2.24) is 5.32 Å². The standard InChI is InChI=1S/C14H21BrN2O/c1-5-10(3)16-14(18)11(4)17-13-7-6-9(2)8-12(13)15/h6-8,10-11,17H,5H2,1-4H3,(H,16,18). The van der Waals surface area contributed by atoms with Gasteiger partial charge in [-0.15, -0.1) is 0 Å². The monoisotopic (exact) mass is 312 g/mol. The molecule has 2 unspecified atom stereocenters. The highest BCUT2D eigenvalue weighted by molar-refractivity contribution is 9.10. The number of nitrogens with one attached hydrogen (secondary N) is 2. The molecule has 0 aliphatic carbocycles. The highest BCUT2D eigenvalue weighted by Gasteiger charge is 2.15. The summed E-state index contributed by atoms with van der Waals surface area (Å²) in [6.07, 6.45) is 0.937. The number of hydrogen-bond acceptors (Lipinski definition) is 2. The van der Waals surface area contributed by atoms with Crippen molar-refractivity contribution < 1.29 is 4.79 Å². The summed E-state index contributed by atoms with van der Waals surface area (Å²) in [5, 5.41) is 6.17. The van der Waals surface area contributed by atoms with Crippen LogP contribution in [0.4, 0.5) is 5.69 Å². The average molecular weight is 313 g/mol. The van der Waals surface area contributed by atoms with E-state index in [1.165, 1.54) is 5.56 Å². The molecule has 0 aromatic heterocycles. The average Bonchev–Trinajstić information content (AvgIpc) is 2.32. The topological polar surface area (TPSA) is 41.1 Å². The minimum Gasteiger partial charge on any atom is -0.373 e. The van der Waals surface area contributed by atoms with Crippen LogP contribution in [0.25, 0.3) is 0 Å². The van der Waals surface area contributed by atoms with Crippen molar-refractivity contribution in [3.8, 4) is 0 Å². The number of carbonyl (C=O) groups excluding carboxylic acids is 1. The lowest BCUT2D eigenvalue weighted by molar-refractivity contribution is -0.122. The van der Waals surface area contributed by atoms with E-state index in [0.717, 1.165) is 16.6 Å². The molecule has 2 atom stereocenters. The lowest BCUT2D eigenvalue weighted by Crippen LogP contribution is -2.41. The highest BCUT2D eigenvalue weighted by atomic mass is 79.9. The molecular weight excluding hydrogens is 292 g/mol. The van der Waals surface area contributed by atoms with E-state index in [4.69, 9.17) is 0 Å². The summed E-state index contributed by atoms with van der Waals surface area (Å²) in [6, 6.07) is 5.99. The van der Waals surface area contributed by atoms with Crippen molar-refractivity contribution in [3.63, 3.8) is 0 Å². The number of anilines is 1. The molecule has 1 aromatic rings. The number of rotatable bonds is 5. The fraction of sp³-hybridized carbons (Fsp3) is 0.500. The van der Waals surface area contributed by atoms with Crippen molar-refractivity contribution in [3.05, 3.63) is 28.2 Å². The molecule has 2 N–H and O–H groups in total. The van der Waals surface area contributed by atoms with Crippen LogP contribution in [0.2, 0.25) is 0 Å². The summed E-state index contributed by atoms with van der Waals surface area (Å²) in [4.78, 5) is 11.9. The molecule has 0 radical (unpaired) electrons. The van der Waals surface area contributed by atoms with Gasteiger partial charge < -0.3 is 10.6 Å². The molecule has 4 heteroatoms. The van der Waals surface area contributed by atoms with Crippen LogP contribution in [-0.2, 0) is 4.79 Å². The molecule has 100 valence electrons. The van der Waals surface area contributed by atoms with E-state index in [0.29, 0.717) is 0 Å². The quantitative estimate of drug-likeness (QED) is 0.874. The van der Waals surface area contributed by atoms with E-state index in [2.05, 4.69) is 33.5 Å². The first-order chi connectivity index (χ1) is 8.43. The summed E-state index contributed by atoms with van der Waals surface area (Å²) in [6.45, 7) is 7.96. The van der Waals surface area contributed by atoms with Gasteiger partial charge in [-0.05, 0) is 60.8 Å². The fourth-order valence-corrected chi connectivity index (χ4v) is 2.11. The lowest BCUT2D eigenvalue weighted by Gasteiger charge is -2.19. The van der Waals surface area contributed by atoms with Gasteiger partial charge in [0.1, 0.15) is 6.04 Å². The first-order valence-corrected chi connectivity index (χ1v) is 7.06. The predicted molar refractivity (Wildman–Crippen MR) is 79.9 cm³/mol. The van der Waals surface area contributed by atoms with Crippen molar-refractivity contribution in [2.24, 2.45) is 0 Å². The Balaban J connectivity index is 2.63. The minimum absolute atomic E-state index is 0.0248. The van der Waals surface area contributed by atoms with Gasteiger partial charge in [-0.25, -0.2) is 0 Å². The third kappa shape index (κ3) is 4.33. The van der Waals surface area contributed by atoms with Gasteiger partial charge in [0.2, 0.25) is 5.91 Å². The minimum atomic E-state index is -0.252. The molecule has 0 heterocycles. The largest absolute Gasteiger partial charge is 0.373 e. The number of hydrogen-bond donors (Lipinski definition) is 2. The first-order valence-electron chi connectivity index (χ1n) is 6.27. The molecule has 1 rings (SSSR count). The van der Waals surface area contributed by atoms with Crippen molar-refractivity contribution in [2.75, 3.05) is 5.32 Å². The van der Waals surface area contributed by atoms with Gasteiger partial charge in [-0.2, -0.15) is 0 Å². The summed E-state index contributed by atoms with van der Waals surface area (Å²) in [5.41, 5.74) is 2.12. The van der Waals surface area contributed by atoms with Gasteiger partial charge in [0, 0.05) is 16.2 Å². The molecule has 0 aliphatic heterocycles. The number of carbonyl (C=O) groups is 1. The van der Waals surface area contributed by atoms with Gasteiger partial charge in [0.15, 0.2) is 0 Å². The van der Waals surface area contributed by atoms with E-state index >= 15 is 0 Å². The van der Waals surface area contributed by atoms with Crippen LogP contribution >= 0.6 is 15.9 Å². The maximum atomic E-state index is 11.9. The van der Waals surface area contributed by atoms with Crippen LogP contribution < -0.4 is 10.6 Å². The van der Waals surface area contributed by atoms with Crippen LogP contribution in [-0.4, -0.2) is 18.0 Å². The summed E-state index contributed by atoms with van der Waals surface area (Å²) >= 11 is 3.50. The fourth-order valence-electron chi connectivity index (χ4n) is 1.51. The predicted octanol–water partition coefficient (Wildman–Crippen LogP) is 3.47. The second-order valence-corrected chi connectivity index (χ2v) is 5.52. The molecule has 18 heavy (non-hydrogen) atoms. The molecule has 0 bridgehead atoms. The summed E-state index contributed by atoms with van der Waals surface area (Å²) in [7, 11) is 0. The zero-order chi connectivity index (χ0) is 13.7. The Morgan fingerprint density at radius 2 is 2.06 bits per heavy atom. The third-order valence-electron chi connectivity index (χ3n) is 2.89. The molecule has 0 saturated carbocycles. The number of halogens is 1. The third-order valence-corrected chi connectivity index (χ3v) is 3.55. The highest BCUT2D eigenvalue weighted by Crippen LogP contribution is 2.23. The zero-order valence-electron chi connectivity index (χ0n) is 11.4. The first kappa shape index (κ1) is 15.0. The second kappa shape index (κ2) is 6.78. The summed E-state index contributed by atoms with van der Waals surface area (Å²) in [5.74, 6) is 0.0248. The van der Waals surface area contributed by atoms with E-state index < -0.39 is 0 Å². The van der Waals surface area contributed by atoms with Gasteiger partial charge in [0.25, 0.3) is 0 Å². The van der Waals surface area contributed by atoms with Gasteiger partial charge in [0.05, 0.1) is 0 Å². The number of aryl methyl sites for hydroxylation is 1. The van der Waals surface area contributed by atoms with Gasteiger partial charge >= 0.3 is 0 Å². The Bertz CT molecular complexity index is 420. The number of amides is 1. The van der Waals surface area contributed by atoms with Crippen LogP contribution in [0.5, 0.6) is 0 Å². The Kier molecular flexibility index (Phi) is 5.66. The van der Waals surface area contributed by atoms with E-state index in [1.54, 1.807) is 0 Å². The van der Waals surface area contributed by atoms with Crippen LogP contribution in [0.3, 0.4) is 0 Å². The molecule has 0 fully saturated rings. The Morgan fingerprint density at radius 3 is 2.61 bits per heavy atom. The normalized spacial score (nSPS) is 13.8. The molecule has 0 saturated heterocycles. The number of benzene rings is 1. The molecule has 0 spiro atoms. The van der Waals surface area contributed by atoms with Gasteiger partial charge in [-0.1, -0.05) is 13.0 Å². The maximum absolute atomic E-state index is 11.9. The Morgan fingerprint density at radius 1 is 1.39 bits per heavy atom. The SMILES string of the molecule is CCC(C)NC(=O)C(C)Nc1ccc(C)cc1Br. The van der Waals surface area contributed by atoms with Gasteiger partial charge in [-0.3, -0.25) is 4.79 Å². The zero-order valence-corrected chi connectivity index (χ0v) is 13.0. The Labute approximate surface area is 117 Å². The summed E-state index contributed by atoms with van der Waals surface area (Å²) < 4.78 is 0.977. The molecule has 1 aromatic carbocycles. The maximum Gasteiger partial charge on any atom is 0.242 e. The smallest absolute Gasteiger partial charge is 0.242 e. The van der Waals surface area contributed by atoms with Crippen LogP contribution in [0.15, 0.2) is 22.7 Å². The van der Waals surface area contributed by atoms with Crippen LogP contribution in [0.1, 0.15) is 32.8 Å². The van der Waals surface area contributed by atoms with Crippen molar-refractivity contribution in [2.45, 2.75) is 46.2 Å².